The van der Waals surface area contributed by atoms with Gasteiger partial charge in [-0.3, -0.25) is 4.79 Å². The van der Waals surface area contributed by atoms with Crippen LogP contribution in [0.5, 0.6) is 0 Å². The van der Waals surface area contributed by atoms with Gasteiger partial charge in [-0.25, -0.2) is 0 Å². The molecule has 1 heterocycles. The molecular formula is C12H12ClNO2. The summed E-state index contributed by atoms with van der Waals surface area (Å²) in [5.74, 6) is 0. The summed E-state index contributed by atoms with van der Waals surface area (Å²) in [5, 5.41) is 1.57. The highest BCUT2D eigenvalue weighted by Gasteiger charge is 2.03. The molecule has 3 nitrogen and oxygen atoms in total. The third kappa shape index (κ3) is 2.26. The highest BCUT2D eigenvalue weighted by molar-refractivity contribution is 6.31. The van der Waals surface area contributed by atoms with E-state index in [9.17, 15) is 4.79 Å². The quantitative estimate of drug-likeness (QED) is 0.892. The predicted octanol–water partition coefficient (Wildman–Crippen LogP) is 2.72. The van der Waals surface area contributed by atoms with Crippen LogP contribution in [0.25, 0.3) is 10.9 Å². The number of aromatic nitrogens is 1. The van der Waals surface area contributed by atoms with Gasteiger partial charge in [-0.05, 0) is 31.2 Å². The summed E-state index contributed by atoms with van der Waals surface area (Å²) in [4.78, 5) is 14.5. The van der Waals surface area contributed by atoms with Crippen LogP contribution in [-0.4, -0.2) is 11.6 Å². The van der Waals surface area contributed by atoms with Crippen LogP contribution < -0.4 is 5.56 Å². The zero-order chi connectivity index (χ0) is 11.5. The molecule has 0 saturated heterocycles. The van der Waals surface area contributed by atoms with E-state index in [0.717, 1.165) is 10.9 Å². The zero-order valence-corrected chi connectivity index (χ0v) is 9.67. The van der Waals surface area contributed by atoms with Gasteiger partial charge in [0.25, 0.3) is 5.56 Å². The average Bonchev–Trinajstić information content (AvgIpc) is 2.27. The molecule has 2 aromatic rings. The second-order valence-electron chi connectivity index (χ2n) is 3.49. The van der Waals surface area contributed by atoms with Crippen molar-refractivity contribution in [1.29, 1.82) is 0 Å². The molecule has 0 aliphatic rings. The van der Waals surface area contributed by atoms with E-state index in [0.29, 0.717) is 23.8 Å². The van der Waals surface area contributed by atoms with E-state index in [1.807, 2.05) is 19.1 Å². The van der Waals surface area contributed by atoms with E-state index in [1.165, 1.54) is 0 Å². The summed E-state index contributed by atoms with van der Waals surface area (Å²) in [6.07, 6.45) is 0. The van der Waals surface area contributed by atoms with Crippen molar-refractivity contribution in [3.8, 4) is 0 Å². The standard InChI is InChI=1S/C12H12ClNO2/c1-2-16-7-9-5-8-6-10(13)3-4-11(8)14-12(9)15/h3-6H,2,7H2,1H3,(H,14,15). The maximum absolute atomic E-state index is 11.7. The third-order valence-corrected chi connectivity index (χ3v) is 2.58. The molecule has 0 bridgehead atoms. The number of halogens is 1. The molecule has 0 aliphatic heterocycles. The first-order valence-corrected chi connectivity index (χ1v) is 5.47. The van der Waals surface area contributed by atoms with Crippen LogP contribution in [0.1, 0.15) is 12.5 Å². The summed E-state index contributed by atoms with van der Waals surface area (Å²) in [5.41, 5.74) is 1.30. The van der Waals surface area contributed by atoms with Gasteiger partial charge in [-0.2, -0.15) is 0 Å². The molecule has 1 aromatic heterocycles. The van der Waals surface area contributed by atoms with E-state index in [1.54, 1.807) is 12.1 Å². The number of ether oxygens (including phenoxy) is 1. The van der Waals surface area contributed by atoms with Crippen molar-refractivity contribution in [1.82, 2.24) is 4.98 Å². The number of pyridine rings is 1. The molecular weight excluding hydrogens is 226 g/mol. The Balaban J connectivity index is 2.51. The third-order valence-electron chi connectivity index (χ3n) is 2.34. The topological polar surface area (TPSA) is 42.1 Å². The first-order chi connectivity index (χ1) is 7.70. The molecule has 1 aromatic carbocycles. The molecule has 84 valence electrons. The Hall–Kier alpha value is -1.32. The fourth-order valence-corrected chi connectivity index (χ4v) is 1.72. The highest BCUT2D eigenvalue weighted by Crippen LogP contribution is 2.17. The van der Waals surface area contributed by atoms with Crippen molar-refractivity contribution >= 4 is 22.5 Å². The number of fused-ring (bicyclic) bond motifs is 1. The minimum atomic E-state index is -0.108. The number of hydrogen-bond donors (Lipinski definition) is 1. The Morgan fingerprint density at radius 1 is 1.38 bits per heavy atom. The normalized spacial score (nSPS) is 10.9. The number of hydrogen-bond acceptors (Lipinski definition) is 2. The van der Waals surface area contributed by atoms with Crippen LogP contribution in [0.4, 0.5) is 0 Å². The summed E-state index contributed by atoms with van der Waals surface area (Å²) in [7, 11) is 0. The van der Waals surface area contributed by atoms with Crippen molar-refractivity contribution in [2.45, 2.75) is 13.5 Å². The summed E-state index contributed by atoms with van der Waals surface area (Å²) in [6, 6.07) is 7.18. The number of aromatic amines is 1. The Morgan fingerprint density at radius 2 is 2.19 bits per heavy atom. The van der Waals surface area contributed by atoms with Crippen molar-refractivity contribution in [2.24, 2.45) is 0 Å². The molecule has 2 rings (SSSR count). The monoisotopic (exact) mass is 237 g/mol. The Morgan fingerprint density at radius 3 is 2.94 bits per heavy atom. The van der Waals surface area contributed by atoms with Gasteiger partial charge in [-0.1, -0.05) is 11.6 Å². The summed E-state index contributed by atoms with van der Waals surface area (Å²) in [6.45, 7) is 2.81. The largest absolute Gasteiger partial charge is 0.377 e. The molecule has 0 radical (unpaired) electrons. The van der Waals surface area contributed by atoms with Crippen molar-refractivity contribution in [2.75, 3.05) is 6.61 Å². The van der Waals surface area contributed by atoms with Gasteiger partial charge < -0.3 is 9.72 Å². The second-order valence-corrected chi connectivity index (χ2v) is 3.93. The van der Waals surface area contributed by atoms with Gasteiger partial charge in [0.1, 0.15) is 0 Å². The predicted molar refractivity (Wildman–Crippen MR) is 64.9 cm³/mol. The number of H-pyrrole nitrogens is 1. The zero-order valence-electron chi connectivity index (χ0n) is 8.92. The maximum atomic E-state index is 11.7. The van der Waals surface area contributed by atoms with E-state index in [2.05, 4.69) is 4.98 Å². The van der Waals surface area contributed by atoms with Crippen molar-refractivity contribution in [3.05, 3.63) is 45.2 Å². The van der Waals surface area contributed by atoms with Gasteiger partial charge in [0.15, 0.2) is 0 Å². The van der Waals surface area contributed by atoms with Crippen molar-refractivity contribution < 1.29 is 4.74 Å². The lowest BCUT2D eigenvalue weighted by atomic mass is 10.1. The first-order valence-electron chi connectivity index (χ1n) is 5.10. The molecule has 0 amide bonds. The summed E-state index contributed by atoms with van der Waals surface area (Å²) >= 11 is 5.89. The molecule has 0 spiro atoms. The first kappa shape index (κ1) is 11.2. The molecule has 16 heavy (non-hydrogen) atoms. The van der Waals surface area contributed by atoms with Crippen LogP contribution in [-0.2, 0) is 11.3 Å². The SMILES string of the molecule is CCOCc1cc2cc(Cl)ccc2[nH]c1=O. The lowest BCUT2D eigenvalue weighted by molar-refractivity contribution is 0.133. The molecule has 0 saturated carbocycles. The van der Waals surface area contributed by atoms with Crippen LogP contribution in [0.3, 0.4) is 0 Å². The molecule has 4 heteroatoms. The van der Waals surface area contributed by atoms with Gasteiger partial charge in [0, 0.05) is 28.1 Å². The minimum absolute atomic E-state index is 0.108. The average molecular weight is 238 g/mol. The molecule has 0 fully saturated rings. The molecule has 0 aliphatic carbocycles. The van der Waals surface area contributed by atoms with Crippen LogP contribution >= 0.6 is 11.6 Å². The van der Waals surface area contributed by atoms with E-state index < -0.39 is 0 Å². The van der Waals surface area contributed by atoms with Crippen LogP contribution in [0.2, 0.25) is 5.02 Å². The number of rotatable bonds is 3. The lowest BCUT2D eigenvalue weighted by Gasteiger charge is -2.03. The lowest BCUT2D eigenvalue weighted by Crippen LogP contribution is -2.13. The fraction of sp³-hybridized carbons (Fsp3) is 0.250. The van der Waals surface area contributed by atoms with E-state index >= 15 is 0 Å². The maximum Gasteiger partial charge on any atom is 0.253 e. The smallest absolute Gasteiger partial charge is 0.253 e. The molecule has 0 atom stereocenters. The van der Waals surface area contributed by atoms with Crippen molar-refractivity contribution in [3.63, 3.8) is 0 Å². The Labute approximate surface area is 98.0 Å². The molecule has 0 unspecified atom stereocenters. The minimum Gasteiger partial charge on any atom is -0.377 e. The fourth-order valence-electron chi connectivity index (χ4n) is 1.54. The highest BCUT2D eigenvalue weighted by atomic mass is 35.5. The molecule has 1 N–H and O–H groups in total. The van der Waals surface area contributed by atoms with Gasteiger partial charge in [-0.15, -0.1) is 0 Å². The Kier molecular flexibility index (Phi) is 3.27. The van der Waals surface area contributed by atoms with Gasteiger partial charge in [0.05, 0.1) is 6.61 Å². The van der Waals surface area contributed by atoms with Gasteiger partial charge in [0.2, 0.25) is 0 Å². The van der Waals surface area contributed by atoms with Gasteiger partial charge >= 0.3 is 0 Å². The summed E-state index contributed by atoms with van der Waals surface area (Å²) < 4.78 is 5.23. The van der Waals surface area contributed by atoms with Crippen LogP contribution in [0.15, 0.2) is 29.1 Å². The van der Waals surface area contributed by atoms with E-state index in [4.69, 9.17) is 16.3 Å². The number of nitrogens with one attached hydrogen (secondary N) is 1. The van der Waals surface area contributed by atoms with Crippen LogP contribution in [0, 0.1) is 0 Å². The Bertz CT molecular complexity index is 562. The second kappa shape index (κ2) is 4.68. The number of benzene rings is 1. The van der Waals surface area contributed by atoms with E-state index in [-0.39, 0.29) is 5.56 Å².